The Morgan fingerprint density at radius 2 is 1.56 bits per heavy atom. The van der Waals surface area contributed by atoms with E-state index in [1.54, 1.807) is 0 Å². The molecule has 2 heteroatoms. The average Bonchev–Trinajstić information content (AvgIpc) is 2.37. The molecule has 0 spiro atoms. The van der Waals surface area contributed by atoms with E-state index in [0.717, 1.165) is 17.8 Å². The van der Waals surface area contributed by atoms with E-state index < -0.39 is 0 Å². The topological polar surface area (TPSA) is 0 Å². The first-order valence-electron chi connectivity index (χ1n) is 8.38. The zero-order valence-electron chi connectivity index (χ0n) is 13.4. The van der Waals surface area contributed by atoms with E-state index in [4.69, 9.17) is 0 Å². The lowest BCUT2D eigenvalue weighted by molar-refractivity contribution is 0.0898. The molecule has 3 unspecified atom stereocenters. The normalized spacial score (nSPS) is 34.1. The minimum atomic E-state index is 0.485. The number of rotatable bonds is 3. The molecule has 0 radical (unpaired) electrons. The maximum absolute atomic E-state index is 2.55. The van der Waals surface area contributed by atoms with Crippen LogP contribution in [0.2, 0.25) is 5.21 Å². The molecule has 0 saturated heterocycles. The smallest absolute Gasteiger partial charge is 0.0769 e. The molecule has 2 saturated carbocycles. The Balaban J connectivity index is 2.06. The highest BCUT2D eigenvalue weighted by atomic mass is 14.4. The molecular weight excluding hydrogens is 214 g/mol. The SMILES string of the molecule is BC(B)(C1CCC2CCCCC2C1)C(C)(C)CC. The van der Waals surface area contributed by atoms with E-state index in [9.17, 15) is 0 Å². The van der Waals surface area contributed by atoms with Crippen LogP contribution >= 0.6 is 0 Å². The third-order valence-electron chi connectivity index (χ3n) is 7.19. The maximum Gasteiger partial charge on any atom is 0.100 e. The third kappa shape index (κ3) is 2.54. The minimum Gasteiger partial charge on any atom is -0.0769 e. The highest BCUT2D eigenvalue weighted by Crippen LogP contribution is 2.56. The van der Waals surface area contributed by atoms with Crippen LogP contribution in [-0.4, -0.2) is 15.7 Å². The van der Waals surface area contributed by atoms with E-state index >= 15 is 0 Å². The molecule has 0 N–H and O–H groups in total. The fourth-order valence-corrected chi connectivity index (χ4v) is 4.54. The van der Waals surface area contributed by atoms with Crippen LogP contribution in [0.4, 0.5) is 0 Å². The third-order valence-corrected chi connectivity index (χ3v) is 7.19. The molecule has 0 nitrogen and oxygen atoms in total. The van der Waals surface area contributed by atoms with Crippen LogP contribution in [0.3, 0.4) is 0 Å². The molecule has 0 aliphatic heterocycles. The molecule has 0 aromatic rings. The Morgan fingerprint density at radius 1 is 0.944 bits per heavy atom. The van der Waals surface area contributed by atoms with Gasteiger partial charge in [0, 0.05) is 0 Å². The van der Waals surface area contributed by atoms with Crippen molar-refractivity contribution in [3.8, 4) is 0 Å². The molecule has 0 aromatic carbocycles. The second kappa shape index (κ2) is 5.25. The van der Waals surface area contributed by atoms with Gasteiger partial charge < -0.3 is 0 Å². The van der Waals surface area contributed by atoms with Gasteiger partial charge in [-0.05, 0) is 36.0 Å². The Hall–Kier alpha value is 0.130. The zero-order valence-corrected chi connectivity index (χ0v) is 13.4. The first-order chi connectivity index (χ1) is 8.38. The maximum atomic E-state index is 2.55. The minimum absolute atomic E-state index is 0.485. The molecule has 2 aliphatic carbocycles. The van der Waals surface area contributed by atoms with Gasteiger partial charge in [0.15, 0.2) is 0 Å². The van der Waals surface area contributed by atoms with Gasteiger partial charge in [0.25, 0.3) is 0 Å². The van der Waals surface area contributed by atoms with E-state index in [1.165, 1.54) is 51.4 Å². The fraction of sp³-hybridized carbons (Fsp3) is 1.00. The summed E-state index contributed by atoms with van der Waals surface area (Å²) in [4.78, 5) is 0. The molecule has 2 aliphatic rings. The van der Waals surface area contributed by atoms with Crippen molar-refractivity contribution < 1.29 is 0 Å². The van der Waals surface area contributed by atoms with E-state index in [0.29, 0.717) is 10.6 Å². The number of hydrogen-bond acceptors (Lipinski definition) is 0. The molecule has 0 amide bonds. The van der Waals surface area contributed by atoms with Crippen molar-refractivity contribution in [2.45, 2.75) is 77.4 Å². The van der Waals surface area contributed by atoms with Gasteiger partial charge in [0.1, 0.15) is 15.7 Å². The molecule has 102 valence electrons. The first-order valence-corrected chi connectivity index (χ1v) is 8.38. The van der Waals surface area contributed by atoms with Crippen LogP contribution in [0.25, 0.3) is 0 Å². The quantitative estimate of drug-likeness (QED) is 0.669. The van der Waals surface area contributed by atoms with Crippen LogP contribution in [0, 0.1) is 23.2 Å². The van der Waals surface area contributed by atoms with Gasteiger partial charge in [0.2, 0.25) is 0 Å². The lowest BCUT2D eigenvalue weighted by Crippen LogP contribution is -2.42. The largest absolute Gasteiger partial charge is 0.100 e. The first kappa shape index (κ1) is 14.5. The molecule has 0 bridgehead atoms. The Bertz CT molecular complexity index is 283. The van der Waals surface area contributed by atoms with Crippen molar-refractivity contribution in [3.05, 3.63) is 0 Å². The summed E-state index contributed by atoms with van der Waals surface area (Å²) < 4.78 is 0. The summed E-state index contributed by atoms with van der Waals surface area (Å²) in [5.41, 5.74) is 0.485. The highest BCUT2D eigenvalue weighted by molar-refractivity contribution is 6.40. The van der Waals surface area contributed by atoms with E-state index in [1.807, 2.05) is 0 Å². The summed E-state index contributed by atoms with van der Waals surface area (Å²) in [7, 11) is 5.09. The molecule has 18 heavy (non-hydrogen) atoms. The lowest BCUT2D eigenvalue weighted by atomic mass is 9.35. The second-order valence-electron chi connectivity index (χ2n) is 8.27. The Labute approximate surface area is 117 Å². The van der Waals surface area contributed by atoms with Gasteiger partial charge >= 0.3 is 0 Å². The van der Waals surface area contributed by atoms with Gasteiger partial charge in [-0.2, -0.15) is 0 Å². The molecule has 2 fully saturated rings. The predicted octanol–water partition coefficient (Wildman–Crippen LogP) is 3.41. The van der Waals surface area contributed by atoms with Gasteiger partial charge in [-0.25, -0.2) is 0 Å². The van der Waals surface area contributed by atoms with Crippen molar-refractivity contribution in [2.24, 2.45) is 23.2 Å². The van der Waals surface area contributed by atoms with Gasteiger partial charge in [-0.3, -0.25) is 0 Å². The summed E-state index contributed by atoms with van der Waals surface area (Å²) >= 11 is 0. The number of hydrogen-bond donors (Lipinski definition) is 0. The molecule has 2 rings (SSSR count). The average molecular weight is 246 g/mol. The lowest BCUT2D eigenvalue weighted by Gasteiger charge is -2.52. The fourth-order valence-electron chi connectivity index (χ4n) is 4.54. The van der Waals surface area contributed by atoms with Crippen LogP contribution in [0.1, 0.15) is 72.1 Å². The van der Waals surface area contributed by atoms with Crippen molar-refractivity contribution >= 4 is 15.7 Å². The van der Waals surface area contributed by atoms with Gasteiger partial charge in [0.05, 0.1) is 0 Å². The summed E-state index contributed by atoms with van der Waals surface area (Å²) in [5, 5.41) is 0.504. The summed E-state index contributed by atoms with van der Waals surface area (Å²) in [6, 6.07) is 0. The summed E-state index contributed by atoms with van der Waals surface area (Å²) in [6.07, 6.45) is 11.9. The second-order valence-corrected chi connectivity index (χ2v) is 8.27. The van der Waals surface area contributed by atoms with Crippen LogP contribution in [-0.2, 0) is 0 Å². The van der Waals surface area contributed by atoms with Crippen molar-refractivity contribution in [3.63, 3.8) is 0 Å². The van der Waals surface area contributed by atoms with Crippen molar-refractivity contribution in [2.75, 3.05) is 0 Å². The molecule has 3 atom stereocenters. The molecular formula is C16H32B2. The highest BCUT2D eigenvalue weighted by Gasteiger charge is 2.44. The monoisotopic (exact) mass is 246 g/mol. The Morgan fingerprint density at radius 3 is 2.17 bits per heavy atom. The van der Waals surface area contributed by atoms with Crippen LogP contribution in [0.15, 0.2) is 0 Å². The number of fused-ring (bicyclic) bond motifs is 1. The zero-order chi connectivity index (χ0) is 13.4. The molecule has 0 heterocycles. The summed E-state index contributed by atoms with van der Waals surface area (Å²) in [5.74, 6) is 3.13. The van der Waals surface area contributed by atoms with Crippen molar-refractivity contribution in [1.82, 2.24) is 0 Å². The van der Waals surface area contributed by atoms with Crippen molar-refractivity contribution in [1.29, 1.82) is 0 Å². The van der Waals surface area contributed by atoms with E-state index in [-0.39, 0.29) is 0 Å². The van der Waals surface area contributed by atoms with E-state index in [2.05, 4.69) is 36.5 Å². The Kier molecular flexibility index (Phi) is 4.24. The summed E-state index contributed by atoms with van der Waals surface area (Å²) in [6.45, 7) is 7.34. The van der Waals surface area contributed by atoms with Gasteiger partial charge in [-0.15, -0.1) is 0 Å². The van der Waals surface area contributed by atoms with Gasteiger partial charge in [-0.1, -0.05) is 64.5 Å². The molecule has 0 aromatic heterocycles. The standard InChI is InChI=1S/C16H32B2/c1-4-15(2,3)16(17,18)14-10-9-12-7-5-6-8-13(12)11-14/h12-14H,4-11,17-18H2,1-3H3. The van der Waals surface area contributed by atoms with Crippen LogP contribution in [0.5, 0.6) is 0 Å². The van der Waals surface area contributed by atoms with Crippen LogP contribution < -0.4 is 0 Å². The predicted molar refractivity (Wildman–Crippen MR) is 86.6 cm³/mol.